The molecule has 18 heavy (non-hydrogen) atoms. The molecule has 1 aromatic rings. The number of hydrogen-bond donors (Lipinski definition) is 0. The number of amides is 1. The first-order valence-corrected chi connectivity index (χ1v) is 5.87. The molecule has 1 heterocycles. The number of likely N-dealkylation sites (tertiary alicyclic amines) is 1. The summed E-state index contributed by atoms with van der Waals surface area (Å²) in [5, 5.41) is 0. The quantitative estimate of drug-likeness (QED) is 0.746. The third kappa shape index (κ3) is 2.83. The first-order chi connectivity index (χ1) is 8.50. The number of benzene rings is 1. The van der Waals surface area contributed by atoms with Crippen molar-refractivity contribution in [3.05, 3.63) is 35.4 Å². The lowest BCUT2D eigenvalue weighted by Gasteiger charge is -2.30. The maximum atomic E-state index is 12.4. The maximum absolute atomic E-state index is 12.4. The molecular formula is C13H14F3NO. The molecule has 5 heteroatoms. The Morgan fingerprint density at radius 3 is 2.44 bits per heavy atom. The van der Waals surface area contributed by atoms with Gasteiger partial charge in [-0.1, -0.05) is 12.1 Å². The van der Waals surface area contributed by atoms with Crippen LogP contribution in [-0.4, -0.2) is 24.4 Å². The minimum absolute atomic E-state index is 0.145. The summed E-state index contributed by atoms with van der Waals surface area (Å²) in [5.41, 5.74) is 0.240. The second-order valence-corrected chi connectivity index (χ2v) is 4.56. The average Bonchev–Trinajstić information content (AvgIpc) is 2.38. The predicted octanol–water partition coefficient (Wildman–Crippen LogP) is 3.04. The Hall–Kier alpha value is -1.52. The lowest BCUT2D eigenvalue weighted by Crippen LogP contribution is -2.33. The maximum Gasteiger partial charge on any atom is 0.416 e. The Labute approximate surface area is 103 Å². The van der Waals surface area contributed by atoms with Gasteiger partial charge in [0, 0.05) is 19.0 Å². The Morgan fingerprint density at radius 1 is 1.22 bits per heavy atom. The van der Waals surface area contributed by atoms with Crippen LogP contribution in [0.4, 0.5) is 13.2 Å². The molecule has 1 aliphatic heterocycles. The molecule has 0 spiro atoms. The van der Waals surface area contributed by atoms with Crippen LogP contribution >= 0.6 is 0 Å². The van der Waals surface area contributed by atoms with Crippen molar-refractivity contribution in [1.82, 2.24) is 4.90 Å². The molecule has 1 atom stereocenters. The summed E-state index contributed by atoms with van der Waals surface area (Å²) < 4.78 is 37.3. The number of alkyl halides is 3. The molecule has 98 valence electrons. The van der Waals surface area contributed by atoms with Crippen molar-refractivity contribution in [2.75, 3.05) is 13.1 Å². The highest BCUT2D eigenvalue weighted by Gasteiger charge is 2.30. The highest BCUT2D eigenvalue weighted by atomic mass is 19.4. The average molecular weight is 257 g/mol. The Morgan fingerprint density at radius 2 is 1.89 bits per heavy atom. The van der Waals surface area contributed by atoms with Crippen LogP contribution in [0.1, 0.15) is 29.9 Å². The summed E-state index contributed by atoms with van der Waals surface area (Å²) in [6.07, 6.45) is -1.68. The van der Waals surface area contributed by atoms with Gasteiger partial charge in [-0.25, -0.2) is 0 Å². The summed E-state index contributed by atoms with van der Waals surface area (Å²) in [6, 6.07) is 5.24. The number of carbonyl (C=O) groups excluding carboxylic acids is 1. The van der Waals surface area contributed by atoms with E-state index in [9.17, 15) is 18.0 Å². The third-order valence-electron chi connectivity index (χ3n) is 3.31. The lowest BCUT2D eigenvalue weighted by molar-refractivity contribution is -0.137. The lowest BCUT2D eigenvalue weighted by atomic mass is 9.90. The minimum Gasteiger partial charge on any atom is -0.345 e. The van der Waals surface area contributed by atoms with E-state index in [4.69, 9.17) is 0 Å². The molecule has 0 bridgehead atoms. The molecule has 0 radical (unpaired) electrons. The first-order valence-electron chi connectivity index (χ1n) is 5.87. The van der Waals surface area contributed by atoms with E-state index in [2.05, 4.69) is 0 Å². The van der Waals surface area contributed by atoms with E-state index in [1.54, 1.807) is 4.90 Å². The van der Waals surface area contributed by atoms with Crippen LogP contribution in [0.3, 0.4) is 0 Å². The zero-order chi connectivity index (χ0) is 13.2. The Kier molecular flexibility index (Phi) is 3.59. The van der Waals surface area contributed by atoms with Gasteiger partial charge in [0.05, 0.1) is 5.56 Å². The van der Waals surface area contributed by atoms with Crippen molar-refractivity contribution < 1.29 is 18.0 Å². The molecular weight excluding hydrogens is 243 g/mol. The van der Waals surface area contributed by atoms with Gasteiger partial charge in [0.15, 0.2) is 0 Å². The van der Waals surface area contributed by atoms with Crippen LogP contribution in [0.2, 0.25) is 0 Å². The summed E-state index contributed by atoms with van der Waals surface area (Å²) in [7, 11) is 0. The fraction of sp³-hybridized carbons (Fsp3) is 0.462. The van der Waals surface area contributed by atoms with Gasteiger partial charge in [0.25, 0.3) is 0 Å². The van der Waals surface area contributed by atoms with Crippen molar-refractivity contribution in [1.29, 1.82) is 0 Å². The minimum atomic E-state index is -4.29. The van der Waals surface area contributed by atoms with E-state index < -0.39 is 11.7 Å². The van der Waals surface area contributed by atoms with E-state index in [1.165, 1.54) is 12.1 Å². The van der Waals surface area contributed by atoms with Crippen molar-refractivity contribution >= 4 is 6.41 Å². The van der Waals surface area contributed by atoms with Gasteiger partial charge in [-0.2, -0.15) is 13.2 Å². The summed E-state index contributed by atoms with van der Waals surface area (Å²) in [5.74, 6) is 0.145. The fourth-order valence-electron chi connectivity index (χ4n) is 2.32. The molecule has 1 aromatic carbocycles. The standard InChI is InChI=1S/C13H14F3NO/c14-13(15,16)12-5-3-10(4-6-12)11-2-1-7-17(8-11)9-18/h3-6,9,11H,1-2,7-8H2. The van der Waals surface area contributed by atoms with Gasteiger partial charge in [-0.05, 0) is 30.5 Å². The first kappa shape index (κ1) is 12.9. The van der Waals surface area contributed by atoms with Crippen molar-refractivity contribution in [2.24, 2.45) is 0 Å². The number of hydrogen-bond acceptors (Lipinski definition) is 1. The highest BCUT2D eigenvalue weighted by molar-refractivity contribution is 5.47. The molecule has 0 aromatic heterocycles. The number of piperidine rings is 1. The van der Waals surface area contributed by atoms with Gasteiger partial charge >= 0.3 is 6.18 Å². The number of nitrogens with zero attached hydrogens (tertiary/aromatic N) is 1. The van der Waals surface area contributed by atoms with Gasteiger partial charge in [-0.15, -0.1) is 0 Å². The normalized spacial score (nSPS) is 20.8. The second-order valence-electron chi connectivity index (χ2n) is 4.56. The van der Waals surface area contributed by atoms with Gasteiger partial charge in [0.1, 0.15) is 0 Å². The molecule has 1 aliphatic rings. The van der Waals surface area contributed by atoms with Crippen LogP contribution in [0.25, 0.3) is 0 Å². The molecule has 1 amide bonds. The second kappa shape index (κ2) is 5.00. The Bertz CT molecular complexity index is 413. The number of rotatable bonds is 2. The summed E-state index contributed by atoms with van der Waals surface area (Å²) >= 11 is 0. The van der Waals surface area contributed by atoms with Gasteiger partial charge in [-0.3, -0.25) is 4.79 Å². The van der Waals surface area contributed by atoms with Crippen LogP contribution in [-0.2, 0) is 11.0 Å². The van der Waals surface area contributed by atoms with Crippen LogP contribution in [0, 0.1) is 0 Å². The zero-order valence-electron chi connectivity index (χ0n) is 9.78. The summed E-state index contributed by atoms with van der Waals surface area (Å²) in [6.45, 7) is 1.33. The van der Waals surface area contributed by atoms with E-state index >= 15 is 0 Å². The van der Waals surface area contributed by atoms with E-state index in [-0.39, 0.29) is 5.92 Å². The molecule has 0 aliphatic carbocycles. The smallest absolute Gasteiger partial charge is 0.345 e. The van der Waals surface area contributed by atoms with E-state index in [0.29, 0.717) is 6.54 Å². The largest absolute Gasteiger partial charge is 0.416 e. The highest BCUT2D eigenvalue weighted by Crippen LogP contribution is 2.32. The van der Waals surface area contributed by atoms with Gasteiger partial charge < -0.3 is 4.90 Å². The molecule has 1 unspecified atom stereocenters. The SMILES string of the molecule is O=CN1CCCC(c2ccc(C(F)(F)F)cc2)C1. The monoisotopic (exact) mass is 257 g/mol. The van der Waals surface area contributed by atoms with Crippen molar-refractivity contribution in [3.63, 3.8) is 0 Å². The van der Waals surface area contributed by atoms with E-state index in [0.717, 1.165) is 43.5 Å². The molecule has 0 N–H and O–H groups in total. The van der Waals surface area contributed by atoms with E-state index in [1.807, 2.05) is 0 Å². The molecule has 1 saturated heterocycles. The number of halogens is 3. The third-order valence-corrected chi connectivity index (χ3v) is 3.31. The van der Waals surface area contributed by atoms with Crippen LogP contribution < -0.4 is 0 Å². The predicted molar refractivity (Wildman–Crippen MR) is 61.1 cm³/mol. The fourth-order valence-corrected chi connectivity index (χ4v) is 2.32. The zero-order valence-corrected chi connectivity index (χ0v) is 9.78. The van der Waals surface area contributed by atoms with Crippen LogP contribution in [0.15, 0.2) is 24.3 Å². The molecule has 2 rings (SSSR count). The van der Waals surface area contributed by atoms with Crippen molar-refractivity contribution in [3.8, 4) is 0 Å². The van der Waals surface area contributed by atoms with Crippen molar-refractivity contribution in [2.45, 2.75) is 24.9 Å². The summed E-state index contributed by atoms with van der Waals surface area (Å²) in [4.78, 5) is 12.4. The topological polar surface area (TPSA) is 20.3 Å². The molecule has 1 fully saturated rings. The molecule has 2 nitrogen and oxygen atoms in total. The molecule has 0 saturated carbocycles. The number of carbonyl (C=O) groups is 1. The Balaban J connectivity index is 2.12. The van der Waals surface area contributed by atoms with Gasteiger partial charge in [0.2, 0.25) is 6.41 Å². The van der Waals surface area contributed by atoms with Crippen LogP contribution in [0.5, 0.6) is 0 Å².